The summed E-state index contributed by atoms with van der Waals surface area (Å²) in [6, 6.07) is 14.0. The molecule has 0 aromatic heterocycles. The summed E-state index contributed by atoms with van der Waals surface area (Å²) in [7, 11) is 3.84. The summed E-state index contributed by atoms with van der Waals surface area (Å²) in [5.41, 5.74) is 2.61. The van der Waals surface area contributed by atoms with Crippen LogP contribution in [0, 0.1) is 0 Å². The predicted octanol–water partition coefficient (Wildman–Crippen LogP) is 3.18. The van der Waals surface area contributed by atoms with Crippen LogP contribution in [0.2, 0.25) is 0 Å². The molecule has 0 bridgehead atoms. The van der Waals surface area contributed by atoms with E-state index in [0.29, 0.717) is 23.4 Å². The lowest BCUT2D eigenvalue weighted by Gasteiger charge is -2.13. The largest absolute Gasteiger partial charge is 0.462 e. The number of carbonyl (C=O) groups excluding carboxylic acids is 2. The molecule has 0 aliphatic heterocycles. The summed E-state index contributed by atoms with van der Waals surface area (Å²) in [4.78, 5) is 25.8. The van der Waals surface area contributed by atoms with Crippen molar-refractivity contribution < 1.29 is 14.3 Å². The van der Waals surface area contributed by atoms with Gasteiger partial charge in [0.2, 0.25) is 0 Å². The molecule has 0 heterocycles. The van der Waals surface area contributed by atoms with Gasteiger partial charge in [-0.05, 0) is 49.4 Å². The van der Waals surface area contributed by atoms with Crippen LogP contribution in [-0.4, -0.2) is 32.6 Å². The van der Waals surface area contributed by atoms with Crippen LogP contribution in [0.3, 0.4) is 0 Å². The van der Waals surface area contributed by atoms with E-state index in [2.05, 4.69) is 5.32 Å². The Morgan fingerprint density at radius 1 is 1.04 bits per heavy atom. The van der Waals surface area contributed by atoms with Crippen molar-refractivity contribution in [2.24, 2.45) is 0 Å². The van der Waals surface area contributed by atoms with E-state index >= 15 is 0 Å². The highest BCUT2D eigenvalue weighted by molar-refractivity contribution is 6.05. The average molecular weight is 312 g/mol. The number of nitrogens with one attached hydrogen (secondary N) is 1. The van der Waals surface area contributed by atoms with Crippen LogP contribution in [0.1, 0.15) is 27.6 Å². The van der Waals surface area contributed by atoms with E-state index in [1.807, 2.05) is 37.2 Å². The summed E-state index contributed by atoms with van der Waals surface area (Å²) >= 11 is 0. The second-order valence-electron chi connectivity index (χ2n) is 5.20. The fraction of sp³-hybridized carbons (Fsp3) is 0.222. The Labute approximate surface area is 135 Å². The minimum absolute atomic E-state index is 0.197. The van der Waals surface area contributed by atoms with E-state index < -0.39 is 0 Å². The van der Waals surface area contributed by atoms with Crippen molar-refractivity contribution >= 4 is 23.3 Å². The lowest BCUT2D eigenvalue weighted by Crippen LogP contribution is -2.14. The maximum Gasteiger partial charge on any atom is 0.338 e. The molecule has 1 amide bonds. The first-order valence-corrected chi connectivity index (χ1v) is 7.37. The van der Waals surface area contributed by atoms with Gasteiger partial charge >= 0.3 is 5.97 Å². The zero-order valence-corrected chi connectivity index (χ0v) is 13.5. The SMILES string of the molecule is CCOC(=O)c1ccc(NC(=O)c2cccc(N(C)C)c2)cc1. The summed E-state index contributed by atoms with van der Waals surface area (Å²) in [5, 5.41) is 2.81. The number of rotatable bonds is 5. The lowest BCUT2D eigenvalue weighted by molar-refractivity contribution is 0.0526. The first kappa shape index (κ1) is 16.5. The lowest BCUT2D eigenvalue weighted by atomic mass is 10.1. The van der Waals surface area contributed by atoms with Gasteiger partial charge in [-0.1, -0.05) is 6.07 Å². The number of ether oxygens (including phenoxy) is 1. The van der Waals surface area contributed by atoms with E-state index in [1.54, 1.807) is 37.3 Å². The monoisotopic (exact) mass is 312 g/mol. The highest BCUT2D eigenvalue weighted by Gasteiger charge is 2.09. The first-order valence-electron chi connectivity index (χ1n) is 7.37. The molecule has 23 heavy (non-hydrogen) atoms. The molecular formula is C18H20N2O3. The van der Waals surface area contributed by atoms with Crippen molar-refractivity contribution in [3.8, 4) is 0 Å². The van der Waals surface area contributed by atoms with Gasteiger partial charge < -0.3 is 15.0 Å². The third-order valence-corrected chi connectivity index (χ3v) is 3.28. The molecule has 2 aromatic rings. The van der Waals surface area contributed by atoms with Crippen LogP contribution in [-0.2, 0) is 4.74 Å². The first-order chi connectivity index (χ1) is 11.0. The van der Waals surface area contributed by atoms with E-state index in [9.17, 15) is 9.59 Å². The summed E-state index contributed by atoms with van der Waals surface area (Å²) in [6.45, 7) is 2.09. The molecule has 0 spiro atoms. The highest BCUT2D eigenvalue weighted by Crippen LogP contribution is 2.16. The van der Waals surface area contributed by atoms with Gasteiger partial charge in [0, 0.05) is 31.0 Å². The number of esters is 1. The Bertz CT molecular complexity index is 694. The number of benzene rings is 2. The smallest absolute Gasteiger partial charge is 0.338 e. The molecule has 0 saturated heterocycles. The summed E-state index contributed by atoms with van der Waals surface area (Å²) < 4.78 is 4.92. The molecule has 120 valence electrons. The zero-order chi connectivity index (χ0) is 16.8. The van der Waals surface area contributed by atoms with Crippen molar-refractivity contribution in [1.29, 1.82) is 0 Å². The fourth-order valence-corrected chi connectivity index (χ4v) is 2.03. The quantitative estimate of drug-likeness (QED) is 0.862. The summed E-state index contributed by atoms with van der Waals surface area (Å²) in [6.07, 6.45) is 0. The molecule has 2 aromatic carbocycles. The van der Waals surface area contributed by atoms with Crippen LogP contribution in [0.15, 0.2) is 48.5 Å². The Morgan fingerprint density at radius 3 is 2.35 bits per heavy atom. The molecule has 0 saturated carbocycles. The average Bonchev–Trinajstić information content (AvgIpc) is 2.55. The molecule has 0 unspecified atom stereocenters. The van der Waals surface area contributed by atoms with Gasteiger partial charge in [-0.3, -0.25) is 4.79 Å². The number of carbonyl (C=O) groups is 2. The second-order valence-corrected chi connectivity index (χ2v) is 5.20. The molecule has 2 rings (SSSR count). The van der Waals surface area contributed by atoms with Crippen molar-refractivity contribution in [1.82, 2.24) is 0 Å². The second kappa shape index (κ2) is 7.45. The van der Waals surface area contributed by atoms with Crippen LogP contribution in [0.4, 0.5) is 11.4 Å². The standard InChI is InChI=1S/C18H20N2O3/c1-4-23-18(22)13-8-10-15(11-9-13)19-17(21)14-6-5-7-16(12-14)20(2)3/h5-12H,4H2,1-3H3,(H,19,21). The van der Waals surface area contributed by atoms with Crippen molar-refractivity contribution in [3.05, 3.63) is 59.7 Å². The number of hydrogen-bond acceptors (Lipinski definition) is 4. The molecule has 0 aliphatic carbocycles. The molecule has 5 nitrogen and oxygen atoms in total. The molecule has 0 radical (unpaired) electrons. The summed E-state index contributed by atoms with van der Waals surface area (Å²) in [5.74, 6) is -0.568. The van der Waals surface area contributed by atoms with Gasteiger partial charge in [-0.15, -0.1) is 0 Å². The van der Waals surface area contributed by atoms with Crippen molar-refractivity contribution in [2.45, 2.75) is 6.92 Å². The number of amides is 1. The molecule has 1 N–H and O–H groups in total. The maximum atomic E-state index is 12.3. The Hall–Kier alpha value is -2.82. The van der Waals surface area contributed by atoms with E-state index in [-0.39, 0.29) is 11.9 Å². The Kier molecular flexibility index (Phi) is 5.36. The molecule has 0 aliphatic rings. The van der Waals surface area contributed by atoms with Crippen LogP contribution in [0.5, 0.6) is 0 Å². The molecule has 0 fully saturated rings. The van der Waals surface area contributed by atoms with Crippen LogP contribution >= 0.6 is 0 Å². The van der Waals surface area contributed by atoms with E-state index in [1.165, 1.54) is 0 Å². The third-order valence-electron chi connectivity index (χ3n) is 3.28. The topological polar surface area (TPSA) is 58.6 Å². The minimum atomic E-state index is -0.371. The minimum Gasteiger partial charge on any atom is -0.462 e. The highest BCUT2D eigenvalue weighted by atomic mass is 16.5. The van der Waals surface area contributed by atoms with Gasteiger partial charge in [0.25, 0.3) is 5.91 Å². The van der Waals surface area contributed by atoms with Gasteiger partial charge in [0.05, 0.1) is 12.2 Å². The van der Waals surface area contributed by atoms with Gasteiger partial charge in [-0.25, -0.2) is 4.79 Å². The van der Waals surface area contributed by atoms with E-state index in [4.69, 9.17) is 4.74 Å². The van der Waals surface area contributed by atoms with Gasteiger partial charge in [-0.2, -0.15) is 0 Å². The molecule has 5 heteroatoms. The number of nitrogens with zero attached hydrogens (tertiary/aromatic N) is 1. The zero-order valence-electron chi connectivity index (χ0n) is 13.5. The molecular weight excluding hydrogens is 292 g/mol. The molecule has 0 atom stereocenters. The predicted molar refractivity (Wildman–Crippen MR) is 91.1 cm³/mol. The van der Waals surface area contributed by atoms with Crippen molar-refractivity contribution in [3.63, 3.8) is 0 Å². The maximum absolute atomic E-state index is 12.3. The number of hydrogen-bond donors (Lipinski definition) is 1. The van der Waals surface area contributed by atoms with E-state index in [0.717, 1.165) is 5.69 Å². The third kappa shape index (κ3) is 4.32. The number of anilines is 2. The normalized spacial score (nSPS) is 10.0. The Balaban J connectivity index is 2.08. The van der Waals surface area contributed by atoms with Crippen molar-refractivity contribution in [2.75, 3.05) is 30.9 Å². The Morgan fingerprint density at radius 2 is 1.74 bits per heavy atom. The fourth-order valence-electron chi connectivity index (χ4n) is 2.03. The van der Waals surface area contributed by atoms with Gasteiger partial charge in [0.1, 0.15) is 0 Å². The van der Waals surface area contributed by atoms with Crippen LogP contribution in [0.25, 0.3) is 0 Å². The van der Waals surface area contributed by atoms with Crippen LogP contribution < -0.4 is 10.2 Å². The van der Waals surface area contributed by atoms with Gasteiger partial charge in [0.15, 0.2) is 0 Å².